The smallest absolute Gasteiger partial charge is 0.323 e. The van der Waals surface area contributed by atoms with Crippen LogP contribution in [0.4, 0.5) is 0 Å². The maximum atomic E-state index is 11.3. The van der Waals surface area contributed by atoms with Crippen molar-refractivity contribution in [3.63, 3.8) is 0 Å². The average molecular weight is 396 g/mol. The fraction of sp³-hybridized carbons (Fsp3) is 0.682. The van der Waals surface area contributed by atoms with Gasteiger partial charge in [0.1, 0.15) is 22.8 Å². The number of carbonyl (C=O) groups is 1. The molecule has 1 aromatic carbocycles. The Morgan fingerprint density at radius 2 is 1.61 bits per heavy atom. The van der Waals surface area contributed by atoms with Gasteiger partial charge in [-0.15, -0.1) is 0 Å². The molecule has 0 radical (unpaired) electrons. The molecule has 3 N–H and O–H groups in total. The topological polar surface area (TPSA) is 91.0 Å². The Kier molecular flexibility index (Phi) is 10.1. The second-order valence-electron chi connectivity index (χ2n) is 7.29. The number of carboxylic acids is 1. The first-order valence-corrected chi connectivity index (χ1v) is 10.4. The van der Waals surface area contributed by atoms with Crippen molar-refractivity contribution in [2.24, 2.45) is 11.7 Å². The first kappa shape index (κ1) is 24.1. The van der Waals surface area contributed by atoms with Gasteiger partial charge in [0.25, 0.3) is 0 Å². The Bertz CT molecular complexity index is 588. The van der Waals surface area contributed by atoms with E-state index in [0.29, 0.717) is 26.2 Å². The monoisotopic (exact) mass is 395 g/mol. The summed E-state index contributed by atoms with van der Waals surface area (Å²) in [4.78, 5) is 11.3. The molecule has 0 saturated carbocycles. The van der Waals surface area contributed by atoms with Gasteiger partial charge in [0.15, 0.2) is 0 Å². The van der Waals surface area contributed by atoms with Crippen LogP contribution in [-0.4, -0.2) is 36.4 Å². The van der Waals surface area contributed by atoms with Crippen LogP contribution >= 0.6 is 0 Å². The molecule has 0 fully saturated rings. The molecular formula is C22H37NO5. The van der Waals surface area contributed by atoms with Crippen molar-refractivity contribution in [1.29, 1.82) is 0 Å². The van der Waals surface area contributed by atoms with Crippen molar-refractivity contribution in [2.45, 2.75) is 72.3 Å². The van der Waals surface area contributed by atoms with E-state index in [1.807, 2.05) is 32.9 Å². The zero-order chi connectivity index (χ0) is 21.2. The molecule has 0 aromatic heterocycles. The highest BCUT2D eigenvalue weighted by Crippen LogP contribution is 2.36. The van der Waals surface area contributed by atoms with E-state index in [-0.39, 0.29) is 5.92 Å². The summed E-state index contributed by atoms with van der Waals surface area (Å²) in [7, 11) is 0. The molecule has 0 saturated heterocycles. The number of hydrogen-bond acceptors (Lipinski definition) is 5. The lowest BCUT2D eigenvalue weighted by Gasteiger charge is -2.25. The summed E-state index contributed by atoms with van der Waals surface area (Å²) in [6.45, 7) is 11.2. The molecule has 6 nitrogen and oxygen atoms in total. The van der Waals surface area contributed by atoms with Gasteiger partial charge in [-0.3, -0.25) is 4.79 Å². The SMILES string of the molecule is CCOc1cc(OCC)c(CCCC(CC)CC(C)(N)C(=O)O)c(OCC)c1. The maximum absolute atomic E-state index is 11.3. The largest absolute Gasteiger partial charge is 0.494 e. The van der Waals surface area contributed by atoms with E-state index in [1.54, 1.807) is 6.92 Å². The highest BCUT2D eigenvalue weighted by atomic mass is 16.5. The van der Waals surface area contributed by atoms with Gasteiger partial charge in [0.2, 0.25) is 0 Å². The second-order valence-corrected chi connectivity index (χ2v) is 7.29. The van der Waals surface area contributed by atoms with E-state index in [2.05, 4.69) is 6.92 Å². The summed E-state index contributed by atoms with van der Waals surface area (Å²) in [5.74, 6) is 1.64. The van der Waals surface area contributed by atoms with E-state index in [4.69, 9.17) is 19.9 Å². The van der Waals surface area contributed by atoms with Gasteiger partial charge in [-0.1, -0.05) is 19.8 Å². The predicted octanol–water partition coefficient (Wildman–Crippen LogP) is 4.42. The van der Waals surface area contributed by atoms with Crippen molar-refractivity contribution < 1.29 is 24.1 Å². The van der Waals surface area contributed by atoms with Gasteiger partial charge in [-0.05, 0) is 52.9 Å². The van der Waals surface area contributed by atoms with Crippen LogP contribution < -0.4 is 19.9 Å². The Hall–Kier alpha value is -1.95. The molecule has 160 valence electrons. The number of ether oxygens (including phenoxy) is 3. The van der Waals surface area contributed by atoms with Crippen LogP contribution in [0.15, 0.2) is 12.1 Å². The fourth-order valence-electron chi connectivity index (χ4n) is 3.37. The Balaban J connectivity index is 2.92. The molecule has 0 spiro atoms. The molecule has 6 heteroatoms. The standard InChI is InChI=1S/C22H37NO5/c1-6-16(15-22(5,23)21(24)25)11-10-12-18-19(27-8-3)13-17(26-7-2)14-20(18)28-9-4/h13-14,16H,6-12,15,23H2,1-5H3,(H,24,25). The molecule has 0 bridgehead atoms. The van der Waals surface area contributed by atoms with Crippen LogP contribution in [0.3, 0.4) is 0 Å². The summed E-state index contributed by atoms with van der Waals surface area (Å²) in [6, 6.07) is 3.84. The third-order valence-corrected chi connectivity index (χ3v) is 4.87. The summed E-state index contributed by atoms with van der Waals surface area (Å²) in [6.07, 6.45) is 3.98. The van der Waals surface area contributed by atoms with Crippen molar-refractivity contribution in [3.05, 3.63) is 17.7 Å². The third-order valence-electron chi connectivity index (χ3n) is 4.87. The predicted molar refractivity (Wildman–Crippen MR) is 112 cm³/mol. The Morgan fingerprint density at radius 1 is 1.07 bits per heavy atom. The molecule has 2 atom stereocenters. The van der Waals surface area contributed by atoms with Crippen LogP contribution in [0.1, 0.15) is 65.9 Å². The highest BCUT2D eigenvalue weighted by Gasteiger charge is 2.30. The lowest BCUT2D eigenvalue weighted by Crippen LogP contribution is -2.46. The minimum absolute atomic E-state index is 0.264. The lowest BCUT2D eigenvalue weighted by atomic mass is 9.85. The first-order valence-electron chi connectivity index (χ1n) is 10.4. The van der Waals surface area contributed by atoms with Crippen LogP contribution in [0.25, 0.3) is 0 Å². The molecular weight excluding hydrogens is 358 g/mol. The highest BCUT2D eigenvalue weighted by molar-refractivity contribution is 5.77. The molecule has 2 unspecified atom stereocenters. The molecule has 28 heavy (non-hydrogen) atoms. The van der Waals surface area contributed by atoms with Crippen LogP contribution in [-0.2, 0) is 11.2 Å². The molecule has 1 rings (SSSR count). The minimum Gasteiger partial charge on any atom is -0.494 e. The summed E-state index contributed by atoms with van der Waals surface area (Å²) >= 11 is 0. The van der Waals surface area contributed by atoms with Gasteiger partial charge in [-0.25, -0.2) is 0 Å². The number of aliphatic carboxylic acids is 1. The van der Waals surface area contributed by atoms with E-state index in [1.165, 1.54) is 0 Å². The second kappa shape index (κ2) is 11.8. The van der Waals surface area contributed by atoms with Gasteiger partial charge in [-0.2, -0.15) is 0 Å². The minimum atomic E-state index is -1.19. The number of nitrogens with two attached hydrogens (primary N) is 1. The van der Waals surface area contributed by atoms with E-state index in [9.17, 15) is 9.90 Å². The number of rotatable bonds is 14. The number of carboxylic acid groups (broad SMARTS) is 1. The molecule has 1 aromatic rings. The van der Waals surface area contributed by atoms with Crippen molar-refractivity contribution in [3.8, 4) is 17.2 Å². The van der Waals surface area contributed by atoms with Gasteiger partial charge >= 0.3 is 5.97 Å². The normalized spacial score (nSPS) is 14.2. The van der Waals surface area contributed by atoms with Crippen LogP contribution in [0, 0.1) is 5.92 Å². The van der Waals surface area contributed by atoms with Crippen molar-refractivity contribution in [1.82, 2.24) is 0 Å². The zero-order valence-corrected chi connectivity index (χ0v) is 18.0. The molecule has 0 heterocycles. The number of hydrogen-bond donors (Lipinski definition) is 2. The maximum Gasteiger partial charge on any atom is 0.323 e. The average Bonchev–Trinajstić information content (AvgIpc) is 2.63. The molecule has 0 aliphatic carbocycles. The van der Waals surface area contributed by atoms with Crippen molar-refractivity contribution in [2.75, 3.05) is 19.8 Å². The summed E-state index contributed by atoms with van der Waals surface area (Å²) in [5, 5.41) is 9.28. The fourth-order valence-corrected chi connectivity index (χ4v) is 3.37. The van der Waals surface area contributed by atoms with Crippen LogP contribution in [0.2, 0.25) is 0 Å². The van der Waals surface area contributed by atoms with E-state index in [0.717, 1.165) is 48.5 Å². The van der Waals surface area contributed by atoms with E-state index < -0.39 is 11.5 Å². The third kappa shape index (κ3) is 7.23. The van der Waals surface area contributed by atoms with Gasteiger partial charge in [0, 0.05) is 17.7 Å². The molecule has 0 aliphatic heterocycles. The van der Waals surface area contributed by atoms with Crippen LogP contribution in [0.5, 0.6) is 17.2 Å². The summed E-state index contributed by atoms with van der Waals surface area (Å²) < 4.78 is 17.3. The van der Waals surface area contributed by atoms with Gasteiger partial charge < -0.3 is 25.1 Å². The van der Waals surface area contributed by atoms with Crippen molar-refractivity contribution >= 4 is 5.97 Å². The van der Waals surface area contributed by atoms with E-state index >= 15 is 0 Å². The number of benzene rings is 1. The first-order chi connectivity index (χ1) is 13.3. The lowest BCUT2D eigenvalue weighted by molar-refractivity contribution is -0.143. The summed E-state index contributed by atoms with van der Waals surface area (Å²) in [5.41, 5.74) is 5.79. The molecule has 0 amide bonds. The Morgan fingerprint density at radius 3 is 2.04 bits per heavy atom. The Labute approximate surface area is 169 Å². The quantitative estimate of drug-likeness (QED) is 0.484. The van der Waals surface area contributed by atoms with Gasteiger partial charge in [0.05, 0.1) is 19.8 Å². The molecule has 0 aliphatic rings. The zero-order valence-electron chi connectivity index (χ0n) is 18.0.